The summed E-state index contributed by atoms with van der Waals surface area (Å²) in [6.07, 6.45) is 5.09. The number of nitrogens with one attached hydrogen (secondary N) is 1. The van der Waals surface area contributed by atoms with Crippen LogP contribution >= 0.6 is 0 Å². The lowest BCUT2D eigenvalue weighted by Crippen LogP contribution is -2.23. The molecule has 0 unspecified atom stereocenters. The van der Waals surface area contributed by atoms with Gasteiger partial charge in [-0.2, -0.15) is 4.98 Å². The molecule has 1 N–H and O–H groups in total. The molecule has 0 aliphatic carbocycles. The molecule has 1 aromatic carbocycles. The number of nitrogens with zero attached hydrogens (tertiary/aromatic N) is 3. The van der Waals surface area contributed by atoms with Gasteiger partial charge in [-0.15, -0.1) is 0 Å². The molecule has 25 heavy (non-hydrogen) atoms. The Morgan fingerprint density at radius 2 is 2.04 bits per heavy atom. The first-order valence-electron chi connectivity index (χ1n) is 7.66. The van der Waals surface area contributed by atoms with Gasteiger partial charge in [0.1, 0.15) is 11.5 Å². The number of carbonyl (C=O) groups is 1. The lowest BCUT2D eigenvalue weighted by Gasteiger charge is -1.99. The van der Waals surface area contributed by atoms with Crippen molar-refractivity contribution in [3.8, 4) is 11.6 Å². The van der Waals surface area contributed by atoms with Gasteiger partial charge >= 0.3 is 0 Å². The molecular formula is C18H15FN4O2. The lowest BCUT2D eigenvalue weighted by molar-refractivity contribution is -0.116. The number of amides is 1. The second-order valence-electron chi connectivity index (χ2n) is 5.16. The average Bonchev–Trinajstić information content (AvgIpc) is 3.11. The number of halogens is 1. The monoisotopic (exact) mass is 338 g/mol. The van der Waals surface area contributed by atoms with E-state index in [1.807, 2.05) is 6.07 Å². The number of pyridine rings is 1. The van der Waals surface area contributed by atoms with Gasteiger partial charge < -0.3 is 9.84 Å². The van der Waals surface area contributed by atoms with Crippen molar-refractivity contribution in [2.45, 2.75) is 6.42 Å². The second kappa shape index (κ2) is 7.96. The molecule has 6 nitrogen and oxygen atoms in total. The van der Waals surface area contributed by atoms with Crippen molar-refractivity contribution in [1.82, 2.24) is 20.4 Å². The van der Waals surface area contributed by atoms with E-state index in [1.54, 1.807) is 36.5 Å². The van der Waals surface area contributed by atoms with E-state index in [-0.39, 0.29) is 11.7 Å². The maximum Gasteiger partial charge on any atom is 0.276 e. The molecule has 3 aromatic rings. The number of hydrogen-bond donors (Lipinski definition) is 1. The van der Waals surface area contributed by atoms with Crippen molar-refractivity contribution in [2.75, 3.05) is 6.54 Å². The third-order valence-electron chi connectivity index (χ3n) is 3.30. The Morgan fingerprint density at radius 1 is 1.20 bits per heavy atom. The highest BCUT2D eigenvalue weighted by atomic mass is 19.1. The van der Waals surface area contributed by atoms with E-state index in [0.717, 1.165) is 5.56 Å². The fourth-order valence-corrected chi connectivity index (χ4v) is 2.05. The van der Waals surface area contributed by atoms with Gasteiger partial charge in [0.15, 0.2) is 5.82 Å². The second-order valence-corrected chi connectivity index (χ2v) is 5.16. The van der Waals surface area contributed by atoms with Gasteiger partial charge in [0, 0.05) is 25.2 Å². The van der Waals surface area contributed by atoms with E-state index < -0.39 is 0 Å². The molecule has 1 amide bonds. The van der Waals surface area contributed by atoms with Crippen LogP contribution in [0.1, 0.15) is 11.4 Å². The Hall–Kier alpha value is -3.35. The molecule has 126 valence electrons. The minimum absolute atomic E-state index is 0.252. The van der Waals surface area contributed by atoms with E-state index in [9.17, 15) is 9.18 Å². The summed E-state index contributed by atoms with van der Waals surface area (Å²) in [6.45, 7) is 0.369. The summed E-state index contributed by atoms with van der Waals surface area (Å²) in [5.74, 6) is 0.270. The van der Waals surface area contributed by atoms with Crippen LogP contribution in [0, 0.1) is 5.82 Å². The molecular weight excluding hydrogens is 323 g/mol. The highest BCUT2D eigenvalue weighted by Crippen LogP contribution is 2.13. The lowest BCUT2D eigenvalue weighted by atomic mass is 10.2. The highest BCUT2D eigenvalue weighted by molar-refractivity contribution is 5.91. The minimum Gasteiger partial charge on any atom is -0.352 e. The summed E-state index contributed by atoms with van der Waals surface area (Å²) in [5.41, 5.74) is 1.35. The predicted octanol–water partition coefficient (Wildman–Crippen LogP) is 2.64. The van der Waals surface area contributed by atoms with Gasteiger partial charge in [-0.25, -0.2) is 4.39 Å². The van der Waals surface area contributed by atoms with Crippen LogP contribution in [0.15, 0.2) is 59.3 Å². The molecule has 0 atom stereocenters. The van der Waals surface area contributed by atoms with Crippen LogP contribution in [0.4, 0.5) is 4.39 Å². The third-order valence-corrected chi connectivity index (χ3v) is 3.30. The Balaban J connectivity index is 1.47. The first kappa shape index (κ1) is 16.5. The summed E-state index contributed by atoms with van der Waals surface area (Å²) in [7, 11) is 0. The van der Waals surface area contributed by atoms with E-state index in [1.165, 1.54) is 18.2 Å². The number of aromatic nitrogens is 3. The number of rotatable bonds is 6. The van der Waals surface area contributed by atoms with Crippen molar-refractivity contribution in [1.29, 1.82) is 0 Å². The summed E-state index contributed by atoms with van der Waals surface area (Å²) < 4.78 is 17.9. The van der Waals surface area contributed by atoms with Gasteiger partial charge in [0.05, 0.1) is 0 Å². The largest absolute Gasteiger partial charge is 0.352 e. The van der Waals surface area contributed by atoms with Crippen LogP contribution < -0.4 is 5.32 Å². The average molecular weight is 338 g/mol. The molecule has 0 saturated carbocycles. The molecule has 0 aliphatic heterocycles. The molecule has 2 aromatic heterocycles. The molecule has 0 spiro atoms. The minimum atomic E-state index is -0.313. The van der Waals surface area contributed by atoms with Gasteiger partial charge in [-0.05, 0) is 35.9 Å². The Labute approximate surface area is 143 Å². The SMILES string of the molecule is O=C(C=Cc1ccc(F)cc1)NCCc1noc(-c2ccccn2)n1. The highest BCUT2D eigenvalue weighted by Gasteiger charge is 2.09. The van der Waals surface area contributed by atoms with Gasteiger partial charge in [0.25, 0.3) is 5.89 Å². The molecule has 0 radical (unpaired) electrons. The van der Waals surface area contributed by atoms with Crippen LogP contribution in [0.2, 0.25) is 0 Å². The summed E-state index contributed by atoms with van der Waals surface area (Å²) in [4.78, 5) is 20.1. The topological polar surface area (TPSA) is 80.9 Å². The van der Waals surface area contributed by atoms with Crippen molar-refractivity contribution >= 4 is 12.0 Å². The molecule has 0 saturated heterocycles. The van der Waals surface area contributed by atoms with Gasteiger partial charge in [-0.3, -0.25) is 9.78 Å². The standard InChI is InChI=1S/C18H15FN4O2/c19-14-7-4-13(5-8-14)6-9-17(24)21-12-10-16-22-18(25-23-16)15-3-1-2-11-20-15/h1-9,11H,10,12H2,(H,21,24). The Bertz CT molecular complexity index is 860. The van der Waals surface area contributed by atoms with E-state index in [0.29, 0.717) is 30.4 Å². The van der Waals surface area contributed by atoms with Gasteiger partial charge in [-0.1, -0.05) is 23.4 Å². The van der Waals surface area contributed by atoms with Crippen LogP contribution in [0.5, 0.6) is 0 Å². The molecule has 7 heteroatoms. The normalized spacial score (nSPS) is 10.9. The first-order chi connectivity index (χ1) is 12.2. The number of hydrogen-bond acceptors (Lipinski definition) is 5. The maximum atomic E-state index is 12.8. The van der Waals surface area contributed by atoms with Crippen LogP contribution in [-0.2, 0) is 11.2 Å². The Kier molecular flexibility index (Phi) is 5.26. The van der Waals surface area contributed by atoms with Crippen molar-refractivity contribution in [3.05, 3.63) is 71.9 Å². The quantitative estimate of drug-likeness (QED) is 0.699. The van der Waals surface area contributed by atoms with Crippen molar-refractivity contribution < 1.29 is 13.7 Å². The van der Waals surface area contributed by atoms with Crippen molar-refractivity contribution in [3.63, 3.8) is 0 Å². The fourth-order valence-electron chi connectivity index (χ4n) is 2.05. The molecule has 0 fully saturated rings. The fraction of sp³-hybridized carbons (Fsp3) is 0.111. The first-order valence-corrected chi connectivity index (χ1v) is 7.66. The van der Waals surface area contributed by atoms with Crippen LogP contribution in [-0.4, -0.2) is 27.6 Å². The summed E-state index contributed by atoms with van der Waals surface area (Å²) in [5, 5.41) is 6.58. The number of carbonyl (C=O) groups excluding carboxylic acids is 1. The van der Waals surface area contributed by atoms with E-state index in [2.05, 4.69) is 20.4 Å². The smallest absolute Gasteiger partial charge is 0.276 e. The predicted molar refractivity (Wildman–Crippen MR) is 89.7 cm³/mol. The zero-order valence-corrected chi connectivity index (χ0v) is 13.2. The molecule has 2 heterocycles. The van der Waals surface area contributed by atoms with Crippen LogP contribution in [0.25, 0.3) is 17.7 Å². The molecule has 0 aliphatic rings. The van der Waals surface area contributed by atoms with E-state index in [4.69, 9.17) is 4.52 Å². The summed E-state index contributed by atoms with van der Waals surface area (Å²) in [6, 6.07) is 11.3. The third kappa shape index (κ3) is 4.81. The molecule has 3 rings (SSSR count). The molecule has 0 bridgehead atoms. The summed E-state index contributed by atoms with van der Waals surface area (Å²) >= 11 is 0. The Morgan fingerprint density at radius 3 is 2.80 bits per heavy atom. The van der Waals surface area contributed by atoms with Crippen molar-refractivity contribution in [2.24, 2.45) is 0 Å². The maximum absolute atomic E-state index is 12.8. The number of benzene rings is 1. The van der Waals surface area contributed by atoms with Crippen LogP contribution in [0.3, 0.4) is 0 Å². The van der Waals surface area contributed by atoms with E-state index >= 15 is 0 Å². The zero-order chi connectivity index (χ0) is 17.5. The zero-order valence-electron chi connectivity index (χ0n) is 13.2. The van der Waals surface area contributed by atoms with Gasteiger partial charge in [0.2, 0.25) is 5.91 Å².